The number of hydrogen-bond acceptors (Lipinski definition) is 6. The van der Waals surface area contributed by atoms with E-state index in [0.29, 0.717) is 16.3 Å². The molecule has 122 valence electrons. The van der Waals surface area contributed by atoms with Gasteiger partial charge >= 0.3 is 0 Å². The molecule has 1 heterocycles. The highest BCUT2D eigenvalue weighted by Gasteiger charge is 2.12. The van der Waals surface area contributed by atoms with Crippen LogP contribution in [0.2, 0.25) is 0 Å². The van der Waals surface area contributed by atoms with Gasteiger partial charge in [0.05, 0.1) is 10.7 Å². The average molecular weight is 349 g/mol. The maximum atomic E-state index is 13.1. The molecule has 0 aliphatic carbocycles. The number of thioether (sulfide) groups is 1. The topological polar surface area (TPSA) is 82.1 Å². The highest BCUT2D eigenvalue weighted by molar-refractivity contribution is 7.98. The zero-order valence-electron chi connectivity index (χ0n) is 12.0. The molecule has 9 heteroatoms. The summed E-state index contributed by atoms with van der Waals surface area (Å²) in [6, 6.07) is 9.30. The molecular formula is C15H9F2N3O3S. The number of halogens is 2. The van der Waals surface area contributed by atoms with Gasteiger partial charge < -0.3 is 4.42 Å². The van der Waals surface area contributed by atoms with Gasteiger partial charge in [-0.2, -0.15) is 0 Å². The highest BCUT2D eigenvalue weighted by atomic mass is 32.2. The first-order valence-electron chi connectivity index (χ1n) is 6.68. The molecule has 0 bridgehead atoms. The fraction of sp³-hybridized carbons (Fsp3) is 0.0667. The number of nitro benzene ring substituents is 1. The molecule has 3 rings (SSSR count). The molecule has 0 spiro atoms. The van der Waals surface area contributed by atoms with Gasteiger partial charge in [-0.25, -0.2) is 8.78 Å². The van der Waals surface area contributed by atoms with Crippen molar-refractivity contribution in [2.75, 3.05) is 0 Å². The van der Waals surface area contributed by atoms with Crippen LogP contribution in [0.1, 0.15) is 5.89 Å². The van der Waals surface area contributed by atoms with E-state index in [1.165, 1.54) is 42.1 Å². The molecule has 0 atom stereocenters. The fourth-order valence-electron chi connectivity index (χ4n) is 1.87. The number of nitrogens with zero attached hydrogens (tertiary/aromatic N) is 3. The summed E-state index contributed by atoms with van der Waals surface area (Å²) in [5.74, 6) is -1.01. The minimum atomic E-state index is -0.919. The molecule has 0 unspecified atom stereocenters. The van der Waals surface area contributed by atoms with Crippen molar-refractivity contribution >= 4 is 17.4 Å². The van der Waals surface area contributed by atoms with Gasteiger partial charge in [-0.3, -0.25) is 10.1 Å². The zero-order valence-corrected chi connectivity index (χ0v) is 12.8. The maximum Gasteiger partial charge on any atom is 0.269 e. The van der Waals surface area contributed by atoms with Crippen molar-refractivity contribution in [3.05, 3.63) is 70.1 Å². The quantitative estimate of drug-likeness (QED) is 0.390. The van der Waals surface area contributed by atoms with E-state index >= 15 is 0 Å². The number of hydrogen-bond donors (Lipinski definition) is 0. The summed E-state index contributed by atoms with van der Waals surface area (Å²) < 4.78 is 31.5. The van der Waals surface area contributed by atoms with Gasteiger partial charge in [-0.1, -0.05) is 0 Å². The van der Waals surface area contributed by atoms with Crippen LogP contribution in [0.5, 0.6) is 0 Å². The summed E-state index contributed by atoms with van der Waals surface area (Å²) in [7, 11) is 0. The Morgan fingerprint density at radius 3 is 2.50 bits per heavy atom. The molecule has 0 saturated heterocycles. The molecule has 0 radical (unpaired) electrons. The van der Waals surface area contributed by atoms with E-state index in [1.807, 2.05) is 0 Å². The summed E-state index contributed by atoms with van der Waals surface area (Å²) in [5, 5.41) is 18.4. The maximum absolute atomic E-state index is 13.1. The summed E-state index contributed by atoms with van der Waals surface area (Å²) in [5.41, 5.74) is 0.518. The van der Waals surface area contributed by atoms with Gasteiger partial charge in [0.25, 0.3) is 5.69 Å². The van der Waals surface area contributed by atoms with Gasteiger partial charge in [0.2, 0.25) is 11.8 Å². The summed E-state index contributed by atoms with van der Waals surface area (Å²) >= 11 is 1.22. The van der Waals surface area contributed by atoms with E-state index in [4.69, 9.17) is 4.42 Å². The Bertz CT molecular complexity index is 884. The van der Waals surface area contributed by atoms with Gasteiger partial charge in [0.15, 0.2) is 11.6 Å². The van der Waals surface area contributed by atoms with Gasteiger partial charge in [-0.15, -0.1) is 22.0 Å². The summed E-state index contributed by atoms with van der Waals surface area (Å²) in [4.78, 5) is 10.7. The molecule has 0 N–H and O–H groups in total. The minimum absolute atomic E-state index is 0.0348. The normalized spacial score (nSPS) is 10.8. The molecular weight excluding hydrogens is 340 g/mol. The van der Waals surface area contributed by atoms with E-state index in [9.17, 15) is 18.9 Å². The van der Waals surface area contributed by atoms with Gasteiger partial charge in [-0.05, 0) is 30.3 Å². The van der Waals surface area contributed by atoms with Crippen LogP contribution < -0.4 is 0 Å². The Morgan fingerprint density at radius 1 is 1.08 bits per heavy atom. The third-order valence-corrected chi connectivity index (χ3v) is 4.02. The van der Waals surface area contributed by atoms with Crippen molar-refractivity contribution in [3.63, 3.8) is 0 Å². The number of rotatable bonds is 5. The predicted octanol–water partition coefficient (Wildman–Crippen LogP) is 4.22. The molecule has 0 aliphatic rings. The third-order valence-electron chi connectivity index (χ3n) is 3.05. The minimum Gasteiger partial charge on any atom is -0.420 e. The second-order valence-electron chi connectivity index (χ2n) is 4.67. The second kappa shape index (κ2) is 6.75. The molecule has 2 aromatic carbocycles. The smallest absolute Gasteiger partial charge is 0.269 e. The first kappa shape index (κ1) is 16.1. The summed E-state index contributed by atoms with van der Waals surface area (Å²) in [6.45, 7) is 0. The Kier molecular flexibility index (Phi) is 4.52. The standard InChI is InChI=1S/C15H9F2N3O3S/c16-12-6-5-11(7-13(12)17)24-8-14-18-19-15(23-14)9-1-3-10(4-2-9)20(21)22/h1-7H,8H2. The zero-order chi connectivity index (χ0) is 17.1. The molecule has 6 nitrogen and oxygen atoms in total. The van der Waals surface area contributed by atoms with Crippen molar-refractivity contribution < 1.29 is 18.1 Å². The lowest BCUT2D eigenvalue weighted by Crippen LogP contribution is -1.87. The number of benzene rings is 2. The Morgan fingerprint density at radius 2 is 1.83 bits per heavy atom. The molecule has 0 aliphatic heterocycles. The van der Waals surface area contributed by atoms with E-state index in [2.05, 4.69) is 10.2 Å². The first-order chi connectivity index (χ1) is 11.5. The molecule has 0 amide bonds. The first-order valence-corrected chi connectivity index (χ1v) is 7.66. The van der Waals surface area contributed by atoms with E-state index < -0.39 is 16.6 Å². The third kappa shape index (κ3) is 3.57. The molecule has 3 aromatic rings. The van der Waals surface area contributed by atoms with Crippen molar-refractivity contribution in [1.82, 2.24) is 10.2 Å². The molecule has 0 fully saturated rings. The molecule has 0 saturated carbocycles. The Hall–Kier alpha value is -2.81. The van der Waals surface area contributed by atoms with E-state index in [-0.39, 0.29) is 17.3 Å². The lowest BCUT2D eigenvalue weighted by molar-refractivity contribution is -0.384. The SMILES string of the molecule is O=[N+]([O-])c1ccc(-c2nnc(CSc3ccc(F)c(F)c3)o2)cc1. The lowest BCUT2D eigenvalue weighted by Gasteiger charge is -1.99. The highest BCUT2D eigenvalue weighted by Crippen LogP contribution is 2.26. The van der Waals surface area contributed by atoms with Crippen LogP contribution in [0, 0.1) is 21.7 Å². The number of non-ortho nitro benzene ring substituents is 1. The van der Waals surface area contributed by atoms with Crippen LogP contribution in [0.4, 0.5) is 14.5 Å². The number of nitro groups is 1. The van der Waals surface area contributed by atoms with Gasteiger partial charge in [0.1, 0.15) is 0 Å². The van der Waals surface area contributed by atoms with Crippen LogP contribution in [0.3, 0.4) is 0 Å². The fourth-order valence-corrected chi connectivity index (χ4v) is 2.62. The lowest BCUT2D eigenvalue weighted by atomic mass is 10.2. The Labute approximate surface area is 138 Å². The van der Waals surface area contributed by atoms with Crippen LogP contribution >= 0.6 is 11.8 Å². The van der Waals surface area contributed by atoms with Crippen molar-refractivity contribution in [2.24, 2.45) is 0 Å². The monoisotopic (exact) mass is 349 g/mol. The largest absolute Gasteiger partial charge is 0.420 e. The molecule has 24 heavy (non-hydrogen) atoms. The molecule has 1 aromatic heterocycles. The van der Waals surface area contributed by atoms with Crippen LogP contribution in [0.15, 0.2) is 51.8 Å². The predicted molar refractivity (Wildman–Crippen MR) is 82.3 cm³/mol. The van der Waals surface area contributed by atoms with Crippen LogP contribution in [0.25, 0.3) is 11.5 Å². The van der Waals surface area contributed by atoms with Gasteiger partial charge in [0, 0.05) is 22.6 Å². The van der Waals surface area contributed by atoms with E-state index in [1.54, 1.807) is 0 Å². The number of aromatic nitrogens is 2. The van der Waals surface area contributed by atoms with Crippen molar-refractivity contribution in [3.8, 4) is 11.5 Å². The van der Waals surface area contributed by atoms with Crippen LogP contribution in [-0.2, 0) is 5.75 Å². The van der Waals surface area contributed by atoms with E-state index in [0.717, 1.165) is 12.1 Å². The van der Waals surface area contributed by atoms with Crippen molar-refractivity contribution in [1.29, 1.82) is 0 Å². The Balaban J connectivity index is 1.68. The van der Waals surface area contributed by atoms with Crippen LogP contribution in [-0.4, -0.2) is 15.1 Å². The van der Waals surface area contributed by atoms with Crippen molar-refractivity contribution in [2.45, 2.75) is 10.6 Å². The average Bonchev–Trinajstić information content (AvgIpc) is 3.05. The second-order valence-corrected chi connectivity index (χ2v) is 5.72. The summed E-state index contributed by atoms with van der Waals surface area (Å²) in [6.07, 6.45) is 0.